The number of hydrogen-bond donors (Lipinski definition) is 2. The van der Waals surface area contributed by atoms with Crippen LogP contribution in [0.15, 0.2) is 36.4 Å². The summed E-state index contributed by atoms with van der Waals surface area (Å²) in [4.78, 5) is 51.0. The summed E-state index contributed by atoms with van der Waals surface area (Å²) < 4.78 is 16.4. The van der Waals surface area contributed by atoms with E-state index in [1.54, 1.807) is 9.80 Å². The average molecular weight is 555 g/mol. The minimum atomic E-state index is -1.00. The van der Waals surface area contributed by atoms with Gasteiger partial charge in [0.05, 0.1) is 0 Å². The number of nitrogens with one attached hydrogen (secondary N) is 2. The van der Waals surface area contributed by atoms with Gasteiger partial charge in [-0.1, -0.05) is 13.3 Å². The maximum atomic E-state index is 13.3. The van der Waals surface area contributed by atoms with E-state index in [0.29, 0.717) is 31.3 Å². The molecule has 0 radical (unpaired) electrons. The van der Waals surface area contributed by atoms with Crippen LogP contribution in [0.2, 0.25) is 0 Å². The van der Waals surface area contributed by atoms with Crippen molar-refractivity contribution in [1.29, 1.82) is 0 Å². The molecule has 2 aromatic rings. The van der Waals surface area contributed by atoms with Crippen LogP contribution in [-0.4, -0.2) is 82.5 Å². The number of aromatic nitrogens is 2. The first-order chi connectivity index (χ1) is 18.8. The van der Waals surface area contributed by atoms with Crippen molar-refractivity contribution in [3.8, 4) is 17.0 Å². The Labute approximate surface area is 229 Å². The van der Waals surface area contributed by atoms with Gasteiger partial charge in [0, 0.05) is 0 Å². The zero-order chi connectivity index (χ0) is 28.2. The number of benzene rings is 1. The van der Waals surface area contributed by atoms with Gasteiger partial charge in [0.1, 0.15) is 0 Å². The SMILES string of the molecule is CCCCOC(=O)N1CCN(C(=O)[C@H](CC#P=O)NC(=O)c2cc(NC(C)C)nc(-c3ccccc3)n2)CC1. The number of anilines is 1. The van der Waals surface area contributed by atoms with Gasteiger partial charge in [-0.05, 0) is 0 Å². The molecular weight excluding hydrogens is 519 g/mol. The summed E-state index contributed by atoms with van der Waals surface area (Å²) in [6.45, 7) is 7.51. The van der Waals surface area contributed by atoms with E-state index in [2.05, 4.69) is 26.2 Å². The molecule has 208 valence electrons. The van der Waals surface area contributed by atoms with Gasteiger partial charge in [0.2, 0.25) is 0 Å². The Morgan fingerprint density at radius 1 is 1.08 bits per heavy atom. The van der Waals surface area contributed by atoms with Gasteiger partial charge in [0.25, 0.3) is 0 Å². The van der Waals surface area contributed by atoms with Gasteiger partial charge in [-0.2, -0.15) is 0 Å². The number of carbonyl (C=O) groups is 3. The Hall–Kier alpha value is -3.68. The van der Waals surface area contributed by atoms with E-state index < -0.39 is 18.0 Å². The van der Waals surface area contributed by atoms with Gasteiger partial charge in [-0.25, -0.2) is 0 Å². The molecule has 3 amide bonds. The summed E-state index contributed by atoms with van der Waals surface area (Å²) in [6.07, 6.45) is 1.28. The molecule has 11 nitrogen and oxygen atoms in total. The third-order valence-corrected chi connectivity index (χ3v) is 6.28. The molecule has 0 saturated carbocycles. The predicted octanol–water partition coefficient (Wildman–Crippen LogP) is 3.78. The van der Waals surface area contributed by atoms with Gasteiger partial charge >= 0.3 is 216 Å². The van der Waals surface area contributed by atoms with Crippen molar-refractivity contribution in [3.63, 3.8) is 0 Å². The third-order valence-electron chi connectivity index (χ3n) is 5.96. The van der Waals surface area contributed by atoms with E-state index in [1.165, 1.54) is 6.07 Å². The van der Waals surface area contributed by atoms with Crippen LogP contribution in [0, 0.1) is 5.63 Å². The number of ether oxygens (including phenoxy) is 1. The zero-order valence-electron chi connectivity index (χ0n) is 22.6. The fraction of sp³-hybridized carbons (Fsp3) is 0.481. The van der Waals surface area contributed by atoms with E-state index in [4.69, 9.17) is 4.74 Å². The molecule has 1 aliphatic heterocycles. The minimum absolute atomic E-state index is 0.0529. The Morgan fingerprint density at radius 2 is 1.77 bits per heavy atom. The standard InChI is InChI=1S/C27H35N6O5P/c1-4-5-16-38-27(36)33-14-12-32(13-15-33)26(35)21(11-17-39-37)30-25(34)22-18-23(28-19(2)3)31-24(29-22)20-9-7-6-8-10-20/h6-10,18-19,21H,4-5,11-16H2,1-3H3,(H,30,34)(H,28,29,31)/t21-/m0/s1. The first kappa shape index (κ1) is 29.9. The summed E-state index contributed by atoms with van der Waals surface area (Å²) in [6, 6.07) is 9.88. The zero-order valence-corrected chi connectivity index (χ0v) is 23.4. The van der Waals surface area contributed by atoms with Crippen molar-refractivity contribution in [1.82, 2.24) is 25.1 Å². The molecule has 0 unspecified atom stereocenters. The number of nitrogens with zero attached hydrogens (tertiary/aromatic N) is 4. The monoisotopic (exact) mass is 554 g/mol. The average Bonchev–Trinajstić information content (AvgIpc) is 2.95. The van der Waals surface area contributed by atoms with Crippen LogP contribution >= 0.6 is 7.92 Å². The van der Waals surface area contributed by atoms with Crippen LogP contribution in [0.5, 0.6) is 0 Å². The number of rotatable bonds is 10. The number of piperazine rings is 1. The topological polar surface area (TPSA) is 134 Å². The second-order valence-electron chi connectivity index (χ2n) is 9.39. The van der Waals surface area contributed by atoms with Gasteiger partial charge < -0.3 is 0 Å². The molecule has 1 atom stereocenters. The van der Waals surface area contributed by atoms with Crippen LogP contribution in [0.1, 0.15) is 50.5 Å². The van der Waals surface area contributed by atoms with E-state index >= 15 is 0 Å². The van der Waals surface area contributed by atoms with Crippen molar-refractivity contribution in [2.45, 2.75) is 52.1 Å². The molecule has 1 aromatic carbocycles. The predicted molar refractivity (Wildman–Crippen MR) is 148 cm³/mol. The van der Waals surface area contributed by atoms with Crippen LogP contribution in [0.4, 0.5) is 10.6 Å². The second-order valence-corrected chi connectivity index (χ2v) is 9.89. The molecule has 2 N–H and O–H groups in total. The fourth-order valence-electron chi connectivity index (χ4n) is 3.94. The number of hydrogen-bond acceptors (Lipinski definition) is 8. The molecular formula is C27H35N6O5P. The van der Waals surface area contributed by atoms with Crippen molar-refractivity contribution in [3.05, 3.63) is 42.1 Å². The molecule has 2 heterocycles. The number of carbonyl (C=O) groups excluding carboxylic acids is 3. The van der Waals surface area contributed by atoms with Gasteiger partial charge in [-0.15, -0.1) is 0 Å². The fourth-order valence-corrected chi connectivity index (χ4v) is 4.19. The number of unbranched alkanes of at least 4 members (excludes halogenated alkanes) is 1. The molecule has 1 saturated heterocycles. The molecule has 1 aliphatic rings. The normalized spacial score (nSPS) is 13.8. The maximum absolute atomic E-state index is 13.3. The molecule has 1 fully saturated rings. The molecule has 12 heteroatoms. The third kappa shape index (κ3) is 8.94. The molecule has 0 bridgehead atoms. The summed E-state index contributed by atoms with van der Waals surface area (Å²) in [5, 5.41) is 5.93. The van der Waals surface area contributed by atoms with Crippen molar-refractivity contribution in [2.24, 2.45) is 0 Å². The molecule has 3 rings (SSSR count). The summed E-state index contributed by atoms with van der Waals surface area (Å²) >= 11 is 0. The summed E-state index contributed by atoms with van der Waals surface area (Å²) in [7, 11) is -0.366. The van der Waals surface area contributed by atoms with E-state index in [1.807, 2.05) is 51.1 Å². The molecule has 0 spiro atoms. The van der Waals surface area contributed by atoms with E-state index in [0.717, 1.165) is 18.4 Å². The number of amides is 3. The van der Waals surface area contributed by atoms with Crippen molar-refractivity contribution in [2.75, 3.05) is 38.1 Å². The molecule has 39 heavy (non-hydrogen) atoms. The van der Waals surface area contributed by atoms with E-state index in [9.17, 15) is 18.9 Å². The first-order valence-electron chi connectivity index (χ1n) is 13.1. The van der Waals surface area contributed by atoms with Crippen LogP contribution < -0.4 is 10.6 Å². The van der Waals surface area contributed by atoms with Crippen LogP contribution in [0.25, 0.3) is 11.4 Å². The van der Waals surface area contributed by atoms with Gasteiger partial charge in [-0.3, -0.25) is 0 Å². The van der Waals surface area contributed by atoms with E-state index in [-0.39, 0.29) is 45.1 Å². The van der Waals surface area contributed by atoms with Gasteiger partial charge in [0.15, 0.2) is 0 Å². The summed E-state index contributed by atoms with van der Waals surface area (Å²) in [5.41, 5.74) is 3.41. The van der Waals surface area contributed by atoms with Crippen molar-refractivity contribution >= 4 is 31.6 Å². The van der Waals surface area contributed by atoms with Crippen LogP contribution in [0.3, 0.4) is 0 Å². The Bertz CT molecular complexity index is 1250. The molecule has 1 aromatic heterocycles. The Balaban J connectivity index is 1.74. The second kappa shape index (κ2) is 15.0. The van der Waals surface area contributed by atoms with Crippen molar-refractivity contribution < 1.29 is 23.7 Å². The summed E-state index contributed by atoms with van der Waals surface area (Å²) in [5.74, 6) is -0.0731. The first-order valence-corrected chi connectivity index (χ1v) is 13.9. The quantitative estimate of drug-likeness (QED) is 0.335. The Morgan fingerprint density at radius 3 is 2.41 bits per heavy atom. The van der Waals surface area contributed by atoms with Crippen LogP contribution in [-0.2, 0) is 14.1 Å². The Kier molecular flexibility index (Phi) is 11.5. The molecule has 0 aliphatic carbocycles.